The van der Waals surface area contributed by atoms with Crippen LogP contribution in [-0.4, -0.2) is 23.4 Å². The predicted octanol–water partition coefficient (Wildman–Crippen LogP) is 2.71. The van der Waals surface area contributed by atoms with E-state index in [0.29, 0.717) is 30.2 Å². The number of nitrogens with zero attached hydrogens (tertiary/aromatic N) is 2. The number of hydrogen-bond acceptors (Lipinski definition) is 3. The summed E-state index contributed by atoms with van der Waals surface area (Å²) in [6, 6.07) is 4.96. The highest BCUT2D eigenvalue weighted by atomic mass is 19.4. The SMILES string of the molecule is COc1c(CCN)c(C)nn1-c1cccc(C(F)(F)F)c1. The predicted molar refractivity (Wildman–Crippen MR) is 72.6 cm³/mol. The zero-order chi connectivity index (χ0) is 15.6. The molecule has 0 aliphatic carbocycles. The molecule has 0 saturated heterocycles. The van der Waals surface area contributed by atoms with Crippen molar-refractivity contribution in [2.24, 2.45) is 5.73 Å². The van der Waals surface area contributed by atoms with Gasteiger partial charge in [-0.25, -0.2) is 4.68 Å². The van der Waals surface area contributed by atoms with Gasteiger partial charge >= 0.3 is 6.18 Å². The molecule has 2 N–H and O–H groups in total. The van der Waals surface area contributed by atoms with Gasteiger partial charge in [0.15, 0.2) is 0 Å². The van der Waals surface area contributed by atoms with E-state index in [1.165, 1.54) is 17.9 Å². The molecule has 0 radical (unpaired) electrons. The molecule has 1 heterocycles. The summed E-state index contributed by atoms with van der Waals surface area (Å²) in [5.41, 5.74) is 6.61. The van der Waals surface area contributed by atoms with E-state index < -0.39 is 11.7 Å². The van der Waals surface area contributed by atoms with Crippen molar-refractivity contribution in [1.82, 2.24) is 9.78 Å². The van der Waals surface area contributed by atoms with Crippen molar-refractivity contribution >= 4 is 0 Å². The first kappa shape index (κ1) is 15.4. The van der Waals surface area contributed by atoms with Crippen molar-refractivity contribution in [3.05, 3.63) is 41.1 Å². The summed E-state index contributed by atoms with van der Waals surface area (Å²) in [4.78, 5) is 0. The maximum absolute atomic E-state index is 12.8. The molecule has 21 heavy (non-hydrogen) atoms. The van der Waals surface area contributed by atoms with E-state index in [1.807, 2.05) is 0 Å². The molecule has 0 aliphatic rings. The number of halogens is 3. The molecule has 0 fully saturated rings. The standard InChI is InChI=1S/C14H16F3N3O/c1-9-12(6-7-18)13(21-2)20(19-9)11-5-3-4-10(8-11)14(15,16)17/h3-5,8H,6-7,18H2,1-2H3. The first-order valence-corrected chi connectivity index (χ1v) is 6.38. The second-order valence-corrected chi connectivity index (χ2v) is 4.57. The largest absolute Gasteiger partial charge is 0.481 e. The van der Waals surface area contributed by atoms with Gasteiger partial charge in [0.05, 0.1) is 24.1 Å². The number of nitrogens with two attached hydrogens (primary N) is 1. The van der Waals surface area contributed by atoms with Crippen LogP contribution in [0.5, 0.6) is 5.88 Å². The van der Waals surface area contributed by atoms with Crippen LogP contribution in [0.25, 0.3) is 5.69 Å². The van der Waals surface area contributed by atoms with Crippen LogP contribution in [0.2, 0.25) is 0 Å². The van der Waals surface area contributed by atoms with Gasteiger partial charge in [-0.2, -0.15) is 18.3 Å². The Bertz CT molecular complexity index is 635. The Morgan fingerprint density at radius 3 is 2.62 bits per heavy atom. The minimum Gasteiger partial charge on any atom is -0.481 e. The lowest BCUT2D eigenvalue weighted by molar-refractivity contribution is -0.137. The molecule has 0 unspecified atom stereocenters. The third-order valence-electron chi connectivity index (χ3n) is 3.14. The molecular weight excluding hydrogens is 283 g/mol. The molecule has 2 rings (SSSR count). The van der Waals surface area contributed by atoms with Crippen molar-refractivity contribution in [1.29, 1.82) is 0 Å². The fraction of sp³-hybridized carbons (Fsp3) is 0.357. The smallest absolute Gasteiger partial charge is 0.416 e. The topological polar surface area (TPSA) is 53.1 Å². The summed E-state index contributed by atoms with van der Waals surface area (Å²) < 4.78 is 45.0. The number of ether oxygens (including phenoxy) is 1. The van der Waals surface area contributed by atoms with Crippen LogP contribution < -0.4 is 10.5 Å². The van der Waals surface area contributed by atoms with Gasteiger partial charge in [-0.05, 0) is 38.1 Å². The highest BCUT2D eigenvalue weighted by Crippen LogP contribution is 2.32. The number of benzene rings is 1. The highest BCUT2D eigenvalue weighted by Gasteiger charge is 2.31. The van der Waals surface area contributed by atoms with Gasteiger partial charge in [0.25, 0.3) is 0 Å². The van der Waals surface area contributed by atoms with E-state index in [4.69, 9.17) is 10.5 Å². The number of aryl methyl sites for hydroxylation is 1. The van der Waals surface area contributed by atoms with E-state index in [2.05, 4.69) is 5.10 Å². The van der Waals surface area contributed by atoms with Gasteiger partial charge in [0, 0.05) is 5.56 Å². The van der Waals surface area contributed by atoms with Gasteiger partial charge < -0.3 is 10.5 Å². The average Bonchev–Trinajstić information content (AvgIpc) is 2.75. The third-order valence-corrected chi connectivity index (χ3v) is 3.14. The van der Waals surface area contributed by atoms with Gasteiger partial charge in [-0.3, -0.25) is 0 Å². The number of aromatic nitrogens is 2. The number of hydrogen-bond donors (Lipinski definition) is 1. The molecule has 4 nitrogen and oxygen atoms in total. The second-order valence-electron chi connectivity index (χ2n) is 4.57. The molecule has 7 heteroatoms. The summed E-state index contributed by atoms with van der Waals surface area (Å²) in [5.74, 6) is 0.414. The van der Waals surface area contributed by atoms with E-state index in [9.17, 15) is 13.2 Å². The Morgan fingerprint density at radius 2 is 2.05 bits per heavy atom. The van der Waals surface area contributed by atoms with E-state index in [-0.39, 0.29) is 0 Å². The van der Waals surface area contributed by atoms with Crippen molar-refractivity contribution in [2.45, 2.75) is 19.5 Å². The minimum absolute atomic E-state index is 0.299. The third kappa shape index (κ3) is 3.02. The van der Waals surface area contributed by atoms with Crippen LogP contribution in [0.15, 0.2) is 24.3 Å². The summed E-state index contributed by atoms with van der Waals surface area (Å²) in [6.07, 6.45) is -3.85. The molecule has 2 aromatic rings. The fourth-order valence-electron chi connectivity index (χ4n) is 2.17. The fourth-order valence-corrected chi connectivity index (χ4v) is 2.17. The molecule has 0 amide bonds. The summed E-state index contributed by atoms with van der Waals surface area (Å²) >= 11 is 0. The molecule has 0 bridgehead atoms. The average molecular weight is 299 g/mol. The van der Waals surface area contributed by atoms with Crippen molar-refractivity contribution in [3.8, 4) is 11.6 Å². The molecular formula is C14H16F3N3O. The van der Waals surface area contributed by atoms with Crippen molar-refractivity contribution in [2.75, 3.05) is 13.7 Å². The van der Waals surface area contributed by atoms with Crippen LogP contribution in [0.3, 0.4) is 0 Å². The second kappa shape index (κ2) is 5.77. The number of rotatable bonds is 4. The Kier molecular flexibility index (Phi) is 4.22. The lowest BCUT2D eigenvalue weighted by atomic mass is 10.2. The highest BCUT2D eigenvalue weighted by molar-refractivity contribution is 5.43. The van der Waals surface area contributed by atoms with Gasteiger partial charge in [0.2, 0.25) is 5.88 Å². The van der Waals surface area contributed by atoms with Gasteiger partial charge in [-0.15, -0.1) is 0 Å². The lowest BCUT2D eigenvalue weighted by Crippen LogP contribution is -2.08. The molecule has 1 aromatic carbocycles. The monoisotopic (exact) mass is 299 g/mol. The molecule has 0 aliphatic heterocycles. The first-order chi connectivity index (χ1) is 9.88. The minimum atomic E-state index is -4.40. The summed E-state index contributed by atoms with van der Waals surface area (Å²) in [7, 11) is 1.46. The zero-order valence-corrected chi connectivity index (χ0v) is 11.7. The van der Waals surface area contributed by atoms with E-state index >= 15 is 0 Å². The van der Waals surface area contributed by atoms with Gasteiger partial charge in [-0.1, -0.05) is 6.07 Å². The number of alkyl halides is 3. The van der Waals surface area contributed by atoms with Crippen LogP contribution in [0.4, 0.5) is 13.2 Å². The normalized spacial score (nSPS) is 11.7. The Labute approximate surface area is 120 Å². The Hall–Kier alpha value is -2.02. The molecule has 0 spiro atoms. The van der Waals surface area contributed by atoms with E-state index in [1.54, 1.807) is 13.0 Å². The lowest BCUT2D eigenvalue weighted by Gasteiger charge is -2.11. The van der Waals surface area contributed by atoms with Crippen molar-refractivity contribution in [3.63, 3.8) is 0 Å². The van der Waals surface area contributed by atoms with Crippen molar-refractivity contribution < 1.29 is 17.9 Å². The molecule has 0 atom stereocenters. The Balaban J connectivity index is 2.54. The quantitative estimate of drug-likeness (QED) is 0.944. The van der Waals surface area contributed by atoms with E-state index in [0.717, 1.165) is 17.7 Å². The Morgan fingerprint density at radius 1 is 1.33 bits per heavy atom. The molecule has 1 aromatic heterocycles. The molecule has 114 valence electrons. The maximum Gasteiger partial charge on any atom is 0.416 e. The summed E-state index contributed by atoms with van der Waals surface area (Å²) in [5, 5.41) is 4.26. The van der Waals surface area contributed by atoms with Crippen LogP contribution >= 0.6 is 0 Å². The summed E-state index contributed by atoms with van der Waals surface area (Å²) in [6.45, 7) is 2.18. The van der Waals surface area contributed by atoms with Gasteiger partial charge in [0.1, 0.15) is 0 Å². The maximum atomic E-state index is 12.8. The zero-order valence-electron chi connectivity index (χ0n) is 11.7. The number of methoxy groups -OCH3 is 1. The van der Waals surface area contributed by atoms with Crippen LogP contribution in [0, 0.1) is 6.92 Å². The molecule has 0 saturated carbocycles. The first-order valence-electron chi connectivity index (χ1n) is 6.38. The van der Waals surface area contributed by atoms with Crippen LogP contribution in [0.1, 0.15) is 16.8 Å². The van der Waals surface area contributed by atoms with Crippen LogP contribution in [-0.2, 0) is 12.6 Å².